The number of rotatable bonds is 8. The highest BCUT2D eigenvalue weighted by Crippen LogP contribution is 2.23. The molecule has 0 unspecified atom stereocenters. The first kappa shape index (κ1) is 20.4. The van der Waals surface area contributed by atoms with Crippen molar-refractivity contribution in [1.29, 1.82) is 0 Å². The van der Waals surface area contributed by atoms with Crippen LogP contribution in [0, 0.1) is 0 Å². The number of nitrogens with zero attached hydrogens (tertiary/aromatic N) is 2. The highest BCUT2D eigenvalue weighted by molar-refractivity contribution is 5.34. The third-order valence-electron chi connectivity index (χ3n) is 6.41. The Morgan fingerprint density at radius 3 is 1.28 bits per heavy atom. The van der Waals surface area contributed by atoms with E-state index in [1.807, 2.05) is 0 Å². The van der Waals surface area contributed by atoms with Gasteiger partial charge in [-0.3, -0.25) is 0 Å². The van der Waals surface area contributed by atoms with Crippen LogP contribution in [0.2, 0.25) is 0 Å². The van der Waals surface area contributed by atoms with Crippen molar-refractivity contribution >= 4 is 0 Å². The largest absolute Gasteiger partial charge is 0.457 e. The first-order chi connectivity index (χ1) is 14.3. The smallest absolute Gasteiger partial charge is 0.127 e. The van der Waals surface area contributed by atoms with Gasteiger partial charge in [0, 0.05) is 13.1 Å². The van der Waals surface area contributed by atoms with Gasteiger partial charge in [-0.25, -0.2) is 0 Å². The molecule has 0 radical (unpaired) electrons. The molecule has 2 aliphatic heterocycles. The van der Waals surface area contributed by atoms with E-state index in [0.29, 0.717) is 0 Å². The SMILES string of the molecule is c1cc(Oc2ccc(CCN3CCCCC3)cc2)ccc1CCN1CCCCC1. The molecule has 0 aromatic heterocycles. The van der Waals surface area contributed by atoms with Crippen LogP contribution in [0.3, 0.4) is 0 Å². The second-order valence-corrected chi connectivity index (χ2v) is 8.69. The summed E-state index contributed by atoms with van der Waals surface area (Å²) in [6.07, 6.45) is 10.5. The predicted molar refractivity (Wildman–Crippen MR) is 121 cm³/mol. The monoisotopic (exact) mass is 392 g/mol. The van der Waals surface area contributed by atoms with Crippen LogP contribution in [0.25, 0.3) is 0 Å². The van der Waals surface area contributed by atoms with Crippen LogP contribution < -0.4 is 4.74 Å². The first-order valence-electron chi connectivity index (χ1n) is 11.7. The molecule has 0 bridgehead atoms. The zero-order valence-electron chi connectivity index (χ0n) is 17.8. The van der Waals surface area contributed by atoms with E-state index < -0.39 is 0 Å². The van der Waals surface area contributed by atoms with Crippen molar-refractivity contribution in [2.75, 3.05) is 39.3 Å². The topological polar surface area (TPSA) is 15.7 Å². The van der Waals surface area contributed by atoms with Crippen molar-refractivity contribution in [1.82, 2.24) is 9.80 Å². The maximum atomic E-state index is 6.06. The summed E-state index contributed by atoms with van der Waals surface area (Å²) in [5.74, 6) is 1.85. The number of hydrogen-bond donors (Lipinski definition) is 0. The third-order valence-corrected chi connectivity index (χ3v) is 6.41. The number of benzene rings is 2. The van der Waals surface area contributed by atoms with E-state index in [1.54, 1.807) is 0 Å². The molecule has 0 atom stereocenters. The van der Waals surface area contributed by atoms with Crippen molar-refractivity contribution in [2.45, 2.75) is 51.4 Å². The fourth-order valence-corrected chi connectivity index (χ4v) is 4.52. The molecule has 2 fully saturated rings. The Labute approximate surface area is 176 Å². The summed E-state index contributed by atoms with van der Waals surface area (Å²) in [5, 5.41) is 0. The molecule has 156 valence electrons. The molecule has 2 saturated heterocycles. The lowest BCUT2D eigenvalue weighted by atomic mass is 10.1. The summed E-state index contributed by atoms with van der Waals surface area (Å²) < 4.78 is 6.06. The van der Waals surface area contributed by atoms with Crippen LogP contribution in [0.1, 0.15) is 49.7 Å². The number of ether oxygens (including phenoxy) is 1. The summed E-state index contributed by atoms with van der Waals surface area (Å²) in [6.45, 7) is 7.45. The highest BCUT2D eigenvalue weighted by atomic mass is 16.5. The molecule has 4 rings (SSSR count). The van der Waals surface area contributed by atoms with E-state index in [0.717, 1.165) is 24.3 Å². The molecule has 2 heterocycles. The van der Waals surface area contributed by atoms with E-state index in [2.05, 4.69) is 58.3 Å². The second kappa shape index (κ2) is 10.8. The van der Waals surface area contributed by atoms with Gasteiger partial charge in [0.05, 0.1) is 0 Å². The summed E-state index contributed by atoms with van der Waals surface area (Å²) in [6, 6.07) is 17.3. The van der Waals surface area contributed by atoms with E-state index in [9.17, 15) is 0 Å². The van der Waals surface area contributed by atoms with Crippen LogP contribution in [0.4, 0.5) is 0 Å². The summed E-state index contributed by atoms with van der Waals surface area (Å²) >= 11 is 0. The molecule has 0 N–H and O–H groups in total. The Hall–Kier alpha value is -1.84. The zero-order valence-corrected chi connectivity index (χ0v) is 17.8. The van der Waals surface area contributed by atoms with Crippen molar-refractivity contribution in [3.8, 4) is 11.5 Å². The molecule has 0 aliphatic carbocycles. The van der Waals surface area contributed by atoms with Crippen LogP contribution >= 0.6 is 0 Å². The van der Waals surface area contributed by atoms with Gasteiger partial charge in [0.1, 0.15) is 11.5 Å². The van der Waals surface area contributed by atoms with Gasteiger partial charge >= 0.3 is 0 Å². The maximum Gasteiger partial charge on any atom is 0.127 e. The standard InChI is InChI=1S/C26H36N2O/c1-3-17-27(18-4-1)21-15-23-7-11-25(12-8-23)29-26-13-9-24(10-14-26)16-22-28-19-5-2-6-20-28/h7-14H,1-6,15-22H2. The average Bonchev–Trinajstić information content (AvgIpc) is 2.80. The Balaban J connectivity index is 1.22. The van der Waals surface area contributed by atoms with E-state index >= 15 is 0 Å². The number of piperidine rings is 2. The lowest BCUT2D eigenvalue weighted by molar-refractivity contribution is 0.231. The molecule has 2 aromatic rings. The van der Waals surface area contributed by atoms with Crippen molar-refractivity contribution in [3.63, 3.8) is 0 Å². The summed E-state index contributed by atoms with van der Waals surface area (Å²) in [7, 11) is 0. The van der Waals surface area contributed by atoms with Gasteiger partial charge < -0.3 is 14.5 Å². The van der Waals surface area contributed by atoms with Crippen molar-refractivity contribution in [3.05, 3.63) is 59.7 Å². The summed E-state index contributed by atoms with van der Waals surface area (Å²) in [5.41, 5.74) is 2.80. The minimum Gasteiger partial charge on any atom is -0.457 e. The Bertz CT molecular complexity index is 650. The molecular weight excluding hydrogens is 356 g/mol. The molecule has 29 heavy (non-hydrogen) atoms. The lowest BCUT2D eigenvalue weighted by Crippen LogP contribution is -2.31. The molecule has 0 amide bonds. The van der Waals surface area contributed by atoms with Crippen LogP contribution in [-0.4, -0.2) is 49.1 Å². The van der Waals surface area contributed by atoms with Gasteiger partial charge in [0.25, 0.3) is 0 Å². The zero-order chi connectivity index (χ0) is 19.7. The van der Waals surface area contributed by atoms with Crippen LogP contribution in [-0.2, 0) is 12.8 Å². The normalized spacial score (nSPS) is 18.6. The summed E-state index contributed by atoms with van der Waals surface area (Å²) in [4.78, 5) is 5.20. The quantitative estimate of drug-likeness (QED) is 0.587. The minimum atomic E-state index is 0.924. The van der Waals surface area contributed by atoms with Crippen LogP contribution in [0.15, 0.2) is 48.5 Å². The fourth-order valence-electron chi connectivity index (χ4n) is 4.52. The molecule has 3 nitrogen and oxygen atoms in total. The Morgan fingerprint density at radius 2 is 0.897 bits per heavy atom. The molecule has 0 spiro atoms. The Morgan fingerprint density at radius 1 is 0.517 bits per heavy atom. The van der Waals surface area contributed by atoms with Gasteiger partial charge in [-0.05, 0) is 100 Å². The lowest BCUT2D eigenvalue weighted by Gasteiger charge is -2.26. The van der Waals surface area contributed by atoms with E-state index in [4.69, 9.17) is 4.74 Å². The molecule has 2 aliphatic rings. The van der Waals surface area contributed by atoms with Gasteiger partial charge in [0.15, 0.2) is 0 Å². The van der Waals surface area contributed by atoms with Gasteiger partial charge in [-0.2, -0.15) is 0 Å². The first-order valence-corrected chi connectivity index (χ1v) is 11.7. The molecule has 3 heteroatoms. The van der Waals surface area contributed by atoms with Crippen LogP contribution in [0.5, 0.6) is 11.5 Å². The maximum absolute atomic E-state index is 6.06. The van der Waals surface area contributed by atoms with E-state index in [-0.39, 0.29) is 0 Å². The average molecular weight is 393 g/mol. The Kier molecular flexibility index (Phi) is 7.61. The van der Waals surface area contributed by atoms with Gasteiger partial charge in [-0.15, -0.1) is 0 Å². The predicted octanol–water partition coefficient (Wildman–Crippen LogP) is 5.54. The molecule has 0 saturated carbocycles. The van der Waals surface area contributed by atoms with Crippen molar-refractivity contribution < 1.29 is 4.74 Å². The number of hydrogen-bond acceptors (Lipinski definition) is 3. The van der Waals surface area contributed by atoms with Crippen molar-refractivity contribution in [2.24, 2.45) is 0 Å². The van der Waals surface area contributed by atoms with Gasteiger partial charge in [0.2, 0.25) is 0 Å². The molecular formula is C26H36N2O. The number of likely N-dealkylation sites (tertiary alicyclic amines) is 2. The minimum absolute atomic E-state index is 0.924. The van der Waals surface area contributed by atoms with E-state index in [1.165, 1.54) is 88.9 Å². The highest BCUT2D eigenvalue weighted by Gasteiger charge is 2.10. The van der Waals surface area contributed by atoms with Gasteiger partial charge in [-0.1, -0.05) is 37.1 Å². The second-order valence-electron chi connectivity index (χ2n) is 8.69. The fraction of sp³-hybridized carbons (Fsp3) is 0.538. The third kappa shape index (κ3) is 6.58. The molecule has 2 aromatic carbocycles.